The lowest BCUT2D eigenvalue weighted by Gasteiger charge is -2.31. The van der Waals surface area contributed by atoms with E-state index in [1.54, 1.807) is 0 Å². The lowest BCUT2D eigenvalue weighted by atomic mass is 10.0. The molecule has 0 spiro atoms. The molecule has 1 aromatic carbocycles. The molecule has 1 N–H and O–H groups in total. The summed E-state index contributed by atoms with van der Waals surface area (Å²) in [4.78, 5) is 2.56. The SMILES string of the molecule is CNC1CCN(C/C(C)=C/c2ccccc2)CC1. The highest BCUT2D eigenvalue weighted by atomic mass is 15.1. The van der Waals surface area contributed by atoms with Crippen molar-refractivity contribution >= 4 is 6.08 Å². The van der Waals surface area contributed by atoms with Crippen molar-refractivity contribution in [2.45, 2.75) is 25.8 Å². The van der Waals surface area contributed by atoms with Crippen LogP contribution < -0.4 is 5.32 Å². The van der Waals surface area contributed by atoms with Gasteiger partial charge in [-0.15, -0.1) is 0 Å². The monoisotopic (exact) mass is 244 g/mol. The normalized spacial score (nSPS) is 19.1. The zero-order chi connectivity index (χ0) is 12.8. The fraction of sp³-hybridized carbons (Fsp3) is 0.500. The zero-order valence-corrected chi connectivity index (χ0v) is 11.5. The van der Waals surface area contributed by atoms with Gasteiger partial charge in [-0.25, -0.2) is 0 Å². The van der Waals surface area contributed by atoms with Gasteiger partial charge in [-0.1, -0.05) is 42.0 Å². The van der Waals surface area contributed by atoms with Gasteiger partial charge in [0.2, 0.25) is 0 Å². The number of piperidine rings is 1. The van der Waals surface area contributed by atoms with Crippen LogP contribution in [-0.4, -0.2) is 37.6 Å². The van der Waals surface area contributed by atoms with Gasteiger partial charge in [-0.2, -0.15) is 0 Å². The van der Waals surface area contributed by atoms with E-state index in [2.05, 4.69) is 60.6 Å². The maximum Gasteiger partial charge on any atom is 0.0193 e. The van der Waals surface area contributed by atoms with Gasteiger partial charge in [0.1, 0.15) is 0 Å². The molecule has 0 bridgehead atoms. The fourth-order valence-electron chi connectivity index (χ4n) is 2.61. The summed E-state index contributed by atoms with van der Waals surface area (Å²) in [5.41, 5.74) is 2.75. The van der Waals surface area contributed by atoms with Crippen molar-refractivity contribution in [2.75, 3.05) is 26.7 Å². The number of rotatable bonds is 4. The first-order valence-corrected chi connectivity index (χ1v) is 6.90. The standard InChI is InChI=1S/C16H24N2/c1-14(12-15-6-4-3-5-7-15)13-18-10-8-16(17-2)9-11-18/h3-7,12,16-17H,8-11,13H2,1-2H3/b14-12+. The molecular weight excluding hydrogens is 220 g/mol. The molecule has 0 atom stereocenters. The van der Waals surface area contributed by atoms with Gasteiger partial charge >= 0.3 is 0 Å². The highest BCUT2D eigenvalue weighted by Crippen LogP contribution is 2.13. The van der Waals surface area contributed by atoms with Crippen LogP contribution in [0.5, 0.6) is 0 Å². The van der Waals surface area contributed by atoms with Crippen molar-refractivity contribution in [3.63, 3.8) is 0 Å². The smallest absolute Gasteiger partial charge is 0.0193 e. The van der Waals surface area contributed by atoms with Crippen molar-refractivity contribution in [2.24, 2.45) is 0 Å². The van der Waals surface area contributed by atoms with Gasteiger partial charge in [-0.3, -0.25) is 4.90 Å². The van der Waals surface area contributed by atoms with Crippen molar-refractivity contribution in [3.8, 4) is 0 Å². The first-order chi connectivity index (χ1) is 8.78. The van der Waals surface area contributed by atoms with E-state index in [4.69, 9.17) is 0 Å². The van der Waals surface area contributed by atoms with Crippen molar-refractivity contribution in [1.82, 2.24) is 10.2 Å². The van der Waals surface area contributed by atoms with Crippen LogP contribution in [0.3, 0.4) is 0 Å². The predicted octanol–water partition coefficient (Wildman–Crippen LogP) is 2.77. The molecule has 18 heavy (non-hydrogen) atoms. The molecule has 98 valence electrons. The van der Waals surface area contributed by atoms with Gasteiger partial charge in [-0.05, 0) is 45.5 Å². The summed E-state index contributed by atoms with van der Waals surface area (Å²) in [7, 11) is 2.07. The van der Waals surface area contributed by atoms with Crippen molar-refractivity contribution in [1.29, 1.82) is 0 Å². The average molecular weight is 244 g/mol. The molecular formula is C16H24N2. The van der Waals surface area contributed by atoms with E-state index in [0.29, 0.717) is 0 Å². The molecule has 1 aliphatic heterocycles. The molecule has 0 unspecified atom stereocenters. The summed E-state index contributed by atoms with van der Waals surface area (Å²) in [5, 5.41) is 3.38. The van der Waals surface area contributed by atoms with Crippen LogP contribution in [0.4, 0.5) is 0 Å². The van der Waals surface area contributed by atoms with E-state index in [-0.39, 0.29) is 0 Å². The molecule has 0 aliphatic carbocycles. The summed E-state index contributed by atoms with van der Waals surface area (Å²) in [5.74, 6) is 0. The second-order valence-electron chi connectivity index (χ2n) is 5.24. The van der Waals surface area contributed by atoms with E-state index >= 15 is 0 Å². The minimum atomic E-state index is 0.722. The first kappa shape index (κ1) is 13.3. The first-order valence-electron chi connectivity index (χ1n) is 6.90. The minimum absolute atomic E-state index is 0.722. The maximum atomic E-state index is 3.38. The van der Waals surface area contributed by atoms with Crippen molar-refractivity contribution < 1.29 is 0 Å². The van der Waals surface area contributed by atoms with Gasteiger partial charge < -0.3 is 5.32 Å². The number of benzene rings is 1. The Labute approximate surface area is 111 Å². The Balaban J connectivity index is 1.85. The van der Waals surface area contributed by atoms with E-state index in [1.807, 2.05) is 0 Å². The number of nitrogens with zero attached hydrogens (tertiary/aromatic N) is 1. The second kappa shape index (κ2) is 6.72. The molecule has 2 nitrogen and oxygen atoms in total. The van der Waals surface area contributed by atoms with Crippen LogP contribution in [0.25, 0.3) is 6.08 Å². The zero-order valence-electron chi connectivity index (χ0n) is 11.5. The molecule has 2 heteroatoms. The molecule has 1 aliphatic rings. The summed E-state index contributed by atoms with van der Waals surface area (Å²) >= 11 is 0. The lowest BCUT2D eigenvalue weighted by Crippen LogP contribution is -2.41. The number of hydrogen-bond acceptors (Lipinski definition) is 2. The van der Waals surface area contributed by atoms with Crippen LogP contribution in [0.2, 0.25) is 0 Å². The predicted molar refractivity (Wildman–Crippen MR) is 78.6 cm³/mol. The number of likely N-dealkylation sites (tertiary alicyclic amines) is 1. The highest BCUT2D eigenvalue weighted by molar-refractivity contribution is 5.52. The number of nitrogens with one attached hydrogen (secondary N) is 1. The van der Waals surface area contributed by atoms with E-state index in [0.717, 1.165) is 12.6 Å². The Morgan fingerprint density at radius 2 is 1.94 bits per heavy atom. The quantitative estimate of drug-likeness (QED) is 0.876. The van der Waals surface area contributed by atoms with Gasteiger partial charge in [0.15, 0.2) is 0 Å². The van der Waals surface area contributed by atoms with Crippen LogP contribution in [0.1, 0.15) is 25.3 Å². The van der Waals surface area contributed by atoms with Gasteiger partial charge in [0.25, 0.3) is 0 Å². The van der Waals surface area contributed by atoms with Crippen LogP contribution in [0.15, 0.2) is 35.9 Å². The average Bonchev–Trinajstić information content (AvgIpc) is 2.40. The van der Waals surface area contributed by atoms with E-state index in [1.165, 1.54) is 37.1 Å². The van der Waals surface area contributed by atoms with Gasteiger partial charge in [0.05, 0.1) is 0 Å². The third kappa shape index (κ3) is 3.97. The number of hydrogen-bond donors (Lipinski definition) is 1. The molecule has 0 saturated carbocycles. The largest absolute Gasteiger partial charge is 0.317 e. The summed E-state index contributed by atoms with van der Waals surface area (Å²) in [6.45, 7) is 5.76. The molecule has 2 rings (SSSR count). The summed E-state index contributed by atoms with van der Waals surface area (Å²) in [6.07, 6.45) is 4.84. The summed E-state index contributed by atoms with van der Waals surface area (Å²) in [6, 6.07) is 11.3. The minimum Gasteiger partial charge on any atom is -0.317 e. The Kier molecular flexibility index (Phi) is 4.97. The van der Waals surface area contributed by atoms with Crippen LogP contribution >= 0.6 is 0 Å². The Morgan fingerprint density at radius 1 is 1.28 bits per heavy atom. The maximum absolute atomic E-state index is 3.38. The molecule has 1 aromatic rings. The van der Waals surface area contributed by atoms with E-state index in [9.17, 15) is 0 Å². The Morgan fingerprint density at radius 3 is 2.56 bits per heavy atom. The topological polar surface area (TPSA) is 15.3 Å². The summed E-state index contributed by atoms with van der Waals surface area (Å²) < 4.78 is 0. The van der Waals surface area contributed by atoms with Crippen molar-refractivity contribution in [3.05, 3.63) is 41.5 Å². The third-order valence-corrected chi connectivity index (χ3v) is 3.68. The molecule has 0 radical (unpaired) electrons. The van der Waals surface area contributed by atoms with Crippen LogP contribution in [0, 0.1) is 0 Å². The fourth-order valence-corrected chi connectivity index (χ4v) is 2.61. The van der Waals surface area contributed by atoms with E-state index < -0.39 is 0 Å². The molecule has 0 aromatic heterocycles. The van der Waals surface area contributed by atoms with Gasteiger partial charge in [0, 0.05) is 12.6 Å². The molecule has 1 fully saturated rings. The Hall–Kier alpha value is -1.12. The highest BCUT2D eigenvalue weighted by Gasteiger charge is 2.17. The molecule has 1 heterocycles. The second-order valence-corrected chi connectivity index (χ2v) is 5.24. The van der Waals surface area contributed by atoms with Crippen LogP contribution in [-0.2, 0) is 0 Å². The Bertz CT molecular complexity index is 375. The lowest BCUT2D eigenvalue weighted by molar-refractivity contribution is 0.216. The molecule has 0 amide bonds. The third-order valence-electron chi connectivity index (χ3n) is 3.68. The molecule has 1 saturated heterocycles.